The molecular formula is C22H24N10O3. The number of fused-ring (bicyclic) bond motifs is 1. The van der Waals surface area contributed by atoms with Gasteiger partial charge in [-0.25, -0.2) is 29.7 Å². The zero-order valence-electron chi connectivity index (χ0n) is 19.5. The highest BCUT2D eigenvalue weighted by atomic mass is 16.2. The average Bonchev–Trinajstić information content (AvgIpc) is 3.57. The van der Waals surface area contributed by atoms with Crippen LogP contribution in [0.3, 0.4) is 0 Å². The summed E-state index contributed by atoms with van der Waals surface area (Å²) in [5, 5.41) is 2.76. The maximum atomic E-state index is 13.0. The summed E-state index contributed by atoms with van der Waals surface area (Å²) in [6.07, 6.45) is 8.52. The molecule has 0 bridgehead atoms. The molecule has 4 aromatic heterocycles. The number of rotatable bonds is 5. The highest BCUT2D eigenvalue weighted by Gasteiger charge is 2.22. The number of carbonyl (C=O) groups excluding carboxylic acids is 1. The summed E-state index contributed by atoms with van der Waals surface area (Å²) in [5.41, 5.74) is -0.0183. The van der Waals surface area contributed by atoms with Crippen LogP contribution in [0.5, 0.6) is 0 Å². The Balaban J connectivity index is 1.38. The molecule has 1 fully saturated rings. The number of imidazole rings is 1. The second kappa shape index (κ2) is 8.74. The van der Waals surface area contributed by atoms with E-state index in [1.54, 1.807) is 25.4 Å². The number of carbonyl (C=O) groups is 1. The van der Waals surface area contributed by atoms with Gasteiger partial charge in [-0.05, 0) is 25.8 Å². The fourth-order valence-corrected chi connectivity index (χ4v) is 4.10. The van der Waals surface area contributed by atoms with Crippen LogP contribution in [0.25, 0.3) is 22.6 Å². The first-order valence-corrected chi connectivity index (χ1v) is 11.2. The van der Waals surface area contributed by atoms with Gasteiger partial charge in [-0.2, -0.15) is 0 Å². The molecule has 1 aliphatic rings. The maximum Gasteiger partial charge on any atom is 0.332 e. The normalized spacial score (nSPS) is 14.4. The summed E-state index contributed by atoms with van der Waals surface area (Å²) < 4.78 is 3.70. The van der Waals surface area contributed by atoms with Gasteiger partial charge < -0.3 is 14.8 Å². The minimum Gasteiger partial charge on any atom is -0.341 e. The van der Waals surface area contributed by atoms with Crippen LogP contribution < -0.4 is 21.5 Å². The third kappa shape index (κ3) is 3.94. The summed E-state index contributed by atoms with van der Waals surface area (Å²) in [7, 11) is 2.91. The zero-order valence-corrected chi connectivity index (χ0v) is 19.5. The van der Waals surface area contributed by atoms with Crippen LogP contribution in [0.1, 0.15) is 25.8 Å². The van der Waals surface area contributed by atoms with E-state index in [-0.39, 0.29) is 11.2 Å². The second-order valence-electron chi connectivity index (χ2n) is 8.43. The lowest BCUT2D eigenvalue weighted by Gasteiger charge is -2.15. The molecule has 0 saturated carbocycles. The Hall–Kier alpha value is -4.42. The van der Waals surface area contributed by atoms with Crippen LogP contribution in [0.4, 0.5) is 11.8 Å². The Morgan fingerprint density at radius 2 is 1.74 bits per heavy atom. The molecule has 5 heterocycles. The van der Waals surface area contributed by atoms with Crippen molar-refractivity contribution in [3.63, 3.8) is 0 Å². The predicted molar refractivity (Wildman–Crippen MR) is 128 cm³/mol. The van der Waals surface area contributed by atoms with Gasteiger partial charge in [-0.15, -0.1) is 0 Å². The smallest absolute Gasteiger partial charge is 0.332 e. The van der Waals surface area contributed by atoms with Gasteiger partial charge in [0.15, 0.2) is 17.0 Å². The largest absolute Gasteiger partial charge is 0.341 e. The maximum absolute atomic E-state index is 13.0. The summed E-state index contributed by atoms with van der Waals surface area (Å²) in [4.78, 5) is 61.7. The van der Waals surface area contributed by atoms with Crippen molar-refractivity contribution in [1.29, 1.82) is 0 Å². The fourth-order valence-electron chi connectivity index (χ4n) is 4.10. The molecule has 1 saturated heterocycles. The highest BCUT2D eigenvalue weighted by Crippen LogP contribution is 2.20. The van der Waals surface area contributed by atoms with Crippen molar-refractivity contribution in [3.8, 4) is 11.4 Å². The van der Waals surface area contributed by atoms with E-state index in [1.165, 1.54) is 35.8 Å². The van der Waals surface area contributed by atoms with Gasteiger partial charge in [-0.3, -0.25) is 18.7 Å². The van der Waals surface area contributed by atoms with Crippen molar-refractivity contribution in [2.24, 2.45) is 14.1 Å². The van der Waals surface area contributed by atoms with E-state index in [0.29, 0.717) is 23.2 Å². The van der Waals surface area contributed by atoms with E-state index in [4.69, 9.17) is 0 Å². The molecule has 13 nitrogen and oxygen atoms in total. The first kappa shape index (κ1) is 22.4. The van der Waals surface area contributed by atoms with Crippen molar-refractivity contribution in [3.05, 3.63) is 51.8 Å². The molecule has 1 N–H and O–H groups in total. The number of nitrogens with zero attached hydrogens (tertiary/aromatic N) is 9. The van der Waals surface area contributed by atoms with E-state index in [1.807, 2.05) is 0 Å². The van der Waals surface area contributed by atoms with E-state index in [2.05, 4.69) is 35.1 Å². The quantitative estimate of drug-likeness (QED) is 0.434. The molecule has 180 valence electrons. The van der Waals surface area contributed by atoms with E-state index in [0.717, 1.165) is 30.5 Å². The number of hydrogen-bond donors (Lipinski definition) is 1. The molecule has 13 heteroatoms. The SMILES string of the molecule is CC(C(=O)Nc1ccnc(-c2cnc(N3CCCC3)nc2)n1)n1cnc2c1c(=O)n(C)c(=O)n2C. The van der Waals surface area contributed by atoms with Crippen LogP contribution in [0, 0.1) is 0 Å². The Kier molecular flexibility index (Phi) is 5.59. The van der Waals surface area contributed by atoms with Crippen LogP contribution in [-0.2, 0) is 18.9 Å². The molecular weight excluding hydrogens is 452 g/mol. The highest BCUT2D eigenvalue weighted by molar-refractivity contribution is 5.93. The van der Waals surface area contributed by atoms with Gasteiger partial charge in [0.1, 0.15) is 11.9 Å². The Morgan fingerprint density at radius 1 is 1.03 bits per heavy atom. The summed E-state index contributed by atoms with van der Waals surface area (Å²) >= 11 is 0. The number of nitrogens with one attached hydrogen (secondary N) is 1. The van der Waals surface area contributed by atoms with Gasteiger partial charge in [0.25, 0.3) is 5.56 Å². The Labute approximate surface area is 199 Å². The van der Waals surface area contributed by atoms with Gasteiger partial charge in [0.2, 0.25) is 11.9 Å². The number of aryl methyl sites for hydroxylation is 1. The van der Waals surface area contributed by atoms with Gasteiger partial charge >= 0.3 is 5.69 Å². The first-order valence-electron chi connectivity index (χ1n) is 11.2. The van der Waals surface area contributed by atoms with Crippen LogP contribution in [0.2, 0.25) is 0 Å². The molecule has 1 unspecified atom stereocenters. The van der Waals surface area contributed by atoms with Crippen LogP contribution in [0.15, 0.2) is 40.6 Å². The average molecular weight is 477 g/mol. The summed E-state index contributed by atoms with van der Waals surface area (Å²) in [6.45, 7) is 3.53. The standard InChI is InChI=1S/C22H24N10O3/c1-13(32-12-26-18-16(32)20(34)30(3)22(35)29(18)2)19(33)28-15-6-7-23-17(27-15)14-10-24-21(25-11-14)31-8-4-5-9-31/h6-7,10-13H,4-5,8-9H2,1-3H3,(H,23,27,28,33). The molecule has 4 aromatic rings. The van der Waals surface area contributed by atoms with Gasteiger partial charge in [-0.1, -0.05) is 0 Å². The van der Waals surface area contributed by atoms with Crippen LogP contribution >= 0.6 is 0 Å². The molecule has 0 spiro atoms. The summed E-state index contributed by atoms with van der Waals surface area (Å²) in [6, 6.07) is 0.772. The van der Waals surface area contributed by atoms with Gasteiger partial charge in [0.05, 0.1) is 11.9 Å². The van der Waals surface area contributed by atoms with Crippen molar-refractivity contribution >= 4 is 28.8 Å². The molecule has 0 radical (unpaired) electrons. The lowest BCUT2D eigenvalue weighted by molar-refractivity contribution is -0.118. The summed E-state index contributed by atoms with van der Waals surface area (Å²) in [5.74, 6) is 0.937. The minimum atomic E-state index is -0.799. The predicted octanol–water partition coefficient (Wildman–Crippen LogP) is 0.481. The Bertz CT molecular complexity index is 1530. The minimum absolute atomic E-state index is 0.163. The zero-order chi connectivity index (χ0) is 24.7. The van der Waals surface area contributed by atoms with Crippen LogP contribution in [-0.4, -0.2) is 57.6 Å². The van der Waals surface area contributed by atoms with Crippen molar-refractivity contribution in [1.82, 2.24) is 38.6 Å². The Morgan fingerprint density at radius 3 is 2.46 bits per heavy atom. The van der Waals surface area contributed by atoms with Gasteiger partial charge in [0, 0.05) is 45.8 Å². The third-order valence-corrected chi connectivity index (χ3v) is 6.16. The molecule has 1 amide bonds. The number of anilines is 2. The van der Waals surface area contributed by atoms with Crippen molar-refractivity contribution in [2.45, 2.75) is 25.8 Å². The first-order chi connectivity index (χ1) is 16.8. The van der Waals surface area contributed by atoms with E-state index >= 15 is 0 Å². The van der Waals surface area contributed by atoms with Crippen molar-refractivity contribution < 1.29 is 4.79 Å². The molecule has 5 rings (SSSR count). The molecule has 0 aromatic carbocycles. The lowest BCUT2D eigenvalue weighted by atomic mass is 10.3. The van der Waals surface area contributed by atoms with E-state index < -0.39 is 23.2 Å². The third-order valence-electron chi connectivity index (χ3n) is 6.16. The number of amides is 1. The van der Waals surface area contributed by atoms with Crippen molar-refractivity contribution in [2.75, 3.05) is 23.3 Å². The molecule has 35 heavy (non-hydrogen) atoms. The number of aromatic nitrogens is 8. The topological polar surface area (TPSA) is 146 Å². The number of hydrogen-bond acceptors (Lipinski definition) is 9. The van der Waals surface area contributed by atoms with E-state index in [9.17, 15) is 14.4 Å². The molecule has 1 aliphatic heterocycles. The lowest BCUT2D eigenvalue weighted by Crippen LogP contribution is -2.38. The molecule has 0 aliphatic carbocycles. The monoisotopic (exact) mass is 476 g/mol. The second-order valence-corrected chi connectivity index (χ2v) is 8.43. The fraction of sp³-hybridized carbons (Fsp3) is 0.364. The molecule has 1 atom stereocenters.